The predicted molar refractivity (Wildman–Crippen MR) is 30.0 cm³/mol. The summed E-state index contributed by atoms with van der Waals surface area (Å²) >= 11 is 0. The van der Waals surface area contributed by atoms with Gasteiger partial charge in [0, 0.05) is 26.2 Å². The third kappa shape index (κ3) is 5.88. The summed E-state index contributed by atoms with van der Waals surface area (Å²) in [7, 11) is 0. The number of nitrogens with zero attached hydrogens (tertiary/aromatic N) is 1. The minimum absolute atomic E-state index is 0.639. The Balaban J connectivity index is 2.45. The van der Waals surface area contributed by atoms with Crippen molar-refractivity contribution in [3.05, 3.63) is 0 Å². The van der Waals surface area contributed by atoms with Gasteiger partial charge < -0.3 is 11.5 Å². The molecule has 0 bridgehead atoms. The molecule has 0 aromatic carbocycles. The molecule has 0 aromatic heterocycles. The van der Waals surface area contributed by atoms with E-state index >= 15 is 0 Å². The molecule has 0 spiro atoms. The van der Waals surface area contributed by atoms with Crippen molar-refractivity contribution in [3.8, 4) is 0 Å². The van der Waals surface area contributed by atoms with Gasteiger partial charge in [0.1, 0.15) is 0 Å². The van der Waals surface area contributed by atoms with Crippen LogP contribution < -0.4 is 16.8 Å². The first-order valence-corrected chi connectivity index (χ1v) is 2.45. The summed E-state index contributed by atoms with van der Waals surface area (Å²) in [4.78, 5) is 0. The molecular formula is C4H12N3. The van der Waals surface area contributed by atoms with Crippen molar-refractivity contribution in [1.82, 2.24) is 5.32 Å². The normalized spacial score (nSPS) is 9.43. The minimum atomic E-state index is 0.639. The van der Waals surface area contributed by atoms with Crippen LogP contribution in [0.15, 0.2) is 0 Å². The maximum absolute atomic E-state index is 5.13. The van der Waals surface area contributed by atoms with Gasteiger partial charge in [0.15, 0.2) is 0 Å². The highest BCUT2D eigenvalue weighted by Crippen LogP contribution is 1.54. The van der Waals surface area contributed by atoms with Gasteiger partial charge in [-0.3, -0.25) is 0 Å². The quantitative estimate of drug-likeness (QED) is 0.425. The third-order valence-corrected chi connectivity index (χ3v) is 0.574. The molecule has 0 heterocycles. The molecule has 1 radical (unpaired) electrons. The molecule has 0 aliphatic carbocycles. The molecule has 3 heteroatoms. The van der Waals surface area contributed by atoms with Gasteiger partial charge >= 0.3 is 0 Å². The van der Waals surface area contributed by atoms with E-state index in [0.717, 1.165) is 13.1 Å². The summed E-state index contributed by atoms with van der Waals surface area (Å²) in [5, 5.41) is 3.96. The number of hydrogen-bond acceptors (Lipinski definition) is 2. The molecule has 0 saturated heterocycles. The second kappa shape index (κ2) is 5.88. The topological polar surface area (TPSA) is 66.1 Å². The molecule has 0 fully saturated rings. The van der Waals surface area contributed by atoms with Crippen LogP contribution in [-0.4, -0.2) is 26.2 Å². The van der Waals surface area contributed by atoms with Gasteiger partial charge in [-0.2, -0.15) is 0 Å². The lowest BCUT2D eigenvalue weighted by molar-refractivity contribution is 0.682. The highest BCUT2D eigenvalue weighted by Gasteiger charge is 1.79. The maximum atomic E-state index is 5.13. The molecule has 0 amide bonds. The first-order chi connectivity index (χ1) is 3.41. The Morgan fingerprint density at radius 2 is 1.43 bits per heavy atom. The average Bonchev–Trinajstić information content (AvgIpc) is 1.69. The highest BCUT2D eigenvalue weighted by molar-refractivity contribution is 4.44. The van der Waals surface area contributed by atoms with E-state index in [0.29, 0.717) is 13.1 Å². The number of hydrogen-bond donors (Lipinski definition) is 2. The Kier molecular flexibility index (Phi) is 5.78. The van der Waals surface area contributed by atoms with E-state index in [1.165, 1.54) is 0 Å². The molecule has 7 heavy (non-hydrogen) atoms. The average molecular weight is 102 g/mol. The van der Waals surface area contributed by atoms with E-state index in [-0.39, 0.29) is 0 Å². The molecule has 0 saturated carbocycles. The van der Waals surface area contributed by atoms with Gasteiger partial charge in [-0.05, 0) is 0 Å². The lowest BCUT2D eigenvalue weighted by Crippen LogP contribution is -2.21. The van der Waals surface area contributed by atoms with Crippen LogP contribution >= 0.6 is 0 Å². The molecule has 0 aliphatic rings. The van der Waals surface area contributed by atoms with Crippen LogP contribution in [0.25, 0.3) is 0 Å². The van der Waals surface area contributed by atoms with Crippen LogP contribution in [0.2, 0.25) is 0 Å². The van der Waals surface area contributed by atoms with E-state index < -0.39 is 0 Å². The second-order valence-corrected chi connectivity index (χ2v) is 1.25. The summed E-state index contributed by atoms with van der Waals surface area (Å²) in [6.07, 6.45) is 0. The Morgan fingerprint density at radius 3 is 1.71 bits per heavy atom. The fraction of sp³-hybridized carbons (Fsp3) is 1.00. The Morgan fingerprint density at radius 1 is 1.00 bits per heavy atom. The lowest BCUT2D eigenvalue weighted by Gasteiger charge is -1.92. The molecule has 0 unspecified atom stereocenters. The second-order valence-electron chi connectivity index (χ2n) is 1.25. The van der Waals surface area contributed by atoms with Crippen molar-refractivity contribution in [2.24, 2.45) is 11.5 Å². The molecule has 4 N–H and O–H groups in total. The first-order valence-electron chi connectivity index (χ1n) is 2.45. The molecular weight excluding hydrogens is 90.1 g/mol. The summed E-state index contributed by atoms with van der Waals surface area (Å²) in [6, 6.07) is 0. The third-order valence-electron chi connectivity index (χ3n) is 0.574. The summed E-state index contributed by atoms with van der Waals surface area (Å²) < 4.78 is 0. The zero-order valence-electron chi connectivity index (χ0n) is 4.43. The van der Waals surface area contributed by atoms with E-state index in [9.17, 15) is 0 Å². The largest absolute Gasteiger partial charge is 0.329 e. The van der Waals surface area contributed by atoms with Gasteiger partial charge in [0.25, 0.3) is 0 Å². The van der Waals surface area contributed by atoms with Crippen LogP contribution in [0, 0.1) is 0 Å². The Labute approximate surface area is 44.1 Å². The van der Waals surface area contributed by atoms with E-state index in [1.807, 2.05) is 0 Å². The SMILES string of the molecule is NCC[N]CCN. The van der Waals surface area contributed by atoms with Crippen molar-refractivity contribution < 1.29 is 0 Å². The van der Waals surface area contributed by atoms with E-state index in [4.69, 9.17) is 11.5 Å². The van der Waals surface area contributed by atoms with Gasteiger partial charge in [0.2, 0.25) is 0 Å². The summed E-state index contributed by atoms with van der Waals surface area (Å²) in [5.41, 5.74) is 10.3. The van der Waals surface area contributed by atoms with Crippen LogP contribution in [0.4, 0.5) is 0 Å². The van der Waals surface area contributed by atoms with Crippen LogP contribution in [0.1, 0.15) is 0 Å². The maximum Gasteiger partial charge on any atom is 0.0257 e. The molecule has 0 aromatic rings. The monoisotopic (exact) mass is 102 g/mol. The number of rotatable bonds is 4. The molecule has 0 rings (SSSR count). The van der Waals surface area contributed by atoms with Gasteiger partial charge in [-0.15, -0.1) is 0 Å². The first kappa shape index (κ1) is 6.88. The standard InChI is InChI=1S/C4H12N3/c5-1-3-7-4-2-6/h1-6H2. The minimum Gasteiger partial charge on any atom is -0.329 e. The number of nitrogens with two attached hydrogens (primary N) is 2. The van der Waals surface area contributed by atoms with Crippen molar-refractivity contribution in [3.63, 3.8) is 0 Å². The van der Waals surface area contributed by atoms with Crippen LogP contribution in [-0.2, 0) is 0 Å². The predicted octanol–water partition coefficient (Wildman–Crippen LogP) is -1.49. The van der Waals surface area contributed by atoms with Crippen molar-refractivity contribution in [1.29, 1.82) is 0 Å². The van der Waals surface area contributed by atoms with Crippen LogP contribution in [0.3, 0.4) is 0 Å². The Bertz CT molecular complexity index is 26.1. The van der Waals surface area contributed by atoms with Gasteiger partial charge in [0.05, 0.1) is 0 Å². The zero-order chi connectivity index (χ0) is 5.54. The molecule has 0 atom stereocenters. The zero-order valence-corrected chi connectivity index (χ0v) is 4.43. The molecule has 43 valence electrons. The molecule has 0 aliphatic heterocycles. The smallest absolute Gasteiger partial charge is 0.0257 e. The summed E-state index contributed by atoms with van der Waals surface area (Å²) in [6.45, 7) is 2.77. The van der Waals surface area contributed by atoms with E-state index in [2.05, 4.69) is 5.32 Å². The van der Waals surface area contributed by atoms with Crippen molar-refractivity contribution in [2.45, 2.75) is 0 Å². The fourth-order valence-electron chi connectivity index (χ4n) is 0.294. The Hall–Kier alpha value is -0.120. The van der Waals surface area contributed by atoms with Gasteiger partial charge in [-0.25, -0.2) is 5.32 Å². The van der Waals surface area contributed by atoms with Crippen molar-refractivity contribution >= 4 is 0 Å². The van der Waals surface area contributed by atoms with Gasteiger partial charge in [-0.1, -0.05) is 0 Å². The molecule has 3 nitrogen and oxygen atoms in total. The van der Waals surface area contributed by atoms with Crippen LogP contribution in [0.5, 0.6) is 0 Å². The van der Waals surface area contributed by atoms with Crippen molar-refractivity contribution in [2.75, 3.05) is 26.2 Å². The lowest BCUT2D eigenvalue weighted by atomic mass is 10.6. The fourth-order valence-corrected chi connectivity index (χ4v) is 0.294. The summed E-state index contributed by atoms with van der Waals surface area (Å²) in [5.74, 6) is 0. The van der Waals surface area contributed by atoms with E-state index in [1.54, 1.807) is 0 Å². The highest BCUT2D eigenvalue weighted by atomic mass is 14.9.